The van der Waals surface area contributed by atoms with E-state index in [1.807, 2.05) is 17.0 Å². The third-order valence-corrected chi connectivity index (χ3v) is 4.02. The standard InChI is InChI=1S/C15H19N3O/c19-15(13-4-3-7-16-12-13)18-10-5-14(6-11-18)17-8-1-2-9-17/h1-4,7,12,14H,5-6,8-11H2. The molecule has 1 aromatic rings. The number of carbonyl (C=O) groups is 1. The lowest BCUT2D eigenvalue weighted by molar-refractivity contribution is 0.0648. The lowest BCUT2D eigenvalue weighted by atomic mass is 10.0. The monoisotopic (exact) mass is 257 g/mol. The van der Waals surface area contributed by atoms with Crippen molar-refractivity contribution in [3.8, 4) is 0 Å². The van der Waals surface area contributed by atoms with E-state index in [-0.39, 0.29) is 5.91 Å². The fourth-order valence-corrected chi connectivity index (χ4v) is 2.90. The van der Waals surface area contributed by atoms with Gasteiger partial charge in [-0.15, -0.1) is 0 Å². The summed E-state index contributed by atoms with van der Waals surface area (Å²) in [5, 5.41) is 0. The van der Waals surface area contributed by atoms with Crippen LogP contribution in [0.4, 0.5) is 0 Å². The van der Waals surface area contributed by atoms with Crippen LogP contribution in [0, 0.1) is 0 Å². The molecule has 1 amide bonds. The number of pyridine rings is 1. The van der Waals surface area contributed by atoms with Gasteiger partial charge in [0.05, 0.1) is 5.56 Å². The van der Waals surface area contributed by atoms with Crippen LogP contribution >= 0.6 is 0 Å². The van der Waals surface area contributed by atoms with Gasteiger partial charge in [-0.3, -0.25) is 14.7 Å². The van der Waals surface area contributed by atoms with Gasteiger partial charge in [0.1, 0.15) is 0 Å². The molecule has 100 valence electrons. The van der Waals surface area contributed by atoms with Crippen LogP contribution in [-0.2, 0) is 0 Å². The lowest BCUT2D eigenvalue weighted by Crippen LogP contribution is -2.46. The number of aromatic nitrogens is 1. The van der Waals surface area contributed by atoms with E-state index in [0.29, 0.717) is 11.6 Å². The predicted molar refractivity (Wildman–Crippen MR) is 73.9 cm³/mol. The number of piperidine rings is 1. The van der Waals surface area contributed by atoms with Crippen molar-refractivity contribution >= 4 is 5.91 Å². The second-order valence-corrected chi connectivity index (χ2v) is 5.19. The van der Waals surface area contributed by atoms with E-state index in [4.69, 9.17) is 0 Å². The van der Waals surface area contributed by atoms with Gasteiger partial charge in [0, 0.05) is 44.6 Å². The first kappa shape index (κ1) is 12.4. The molecular weight excluding hydrogens is 238 g/mol. The molecular formula is C15H19N3O. The van der Waals surface area contributed by atoms with Crippen molar-refractivity contribution in [1.82, 2.24) is 14.8 Å². The van der Waals surface area contributed by atoms with E-state index in [2.05, 4.69) is 22.0 Å². The van der Waals surface area contributed by atoms with Gasteiger partial charge in [-0.2, -0.15) is 0 Å². The minimum absolute atomic E-state index is 0.117. The topological polar surface area (TPSA) is 36.4 Å². The van der Waals surface area contributed by atoms with Crippen molar-refractivity contribution in [1.29, 1.82) is 0 Å². The van der Waals surface area contributed by atoms with Gasteiger partial charge in [-0.05, 0) is 25.0 Å². The Balaban J connectivity index is 1.56. The average molecular weight is 257 g/mol. The molecule has 0 atom stereocenters. The molecule has 1 fully saturated rings. The number of nitrogens with zero attached hydrogens (tertiary/aromatic N) is 3. The summed E-state index contributed by atoms with van der Waals surface area (Å²) in [6.45, 7) is 3.85. The van der Waals surface area contributed by atoms with Crippen LogP contribution < -0.4 is 0 Å². The number of amides is 1. The number of rotatable bonds is 2. The summed E-state index contributed by atoms with van der Waals surface area (Å²) in [4.78, 5) is 20.7. The van der Waals surface area contributed by atoms with E-state index in [1.54, 1.807) is 12.4 Å². The van der Waals surface area contributed by atoms with Gasteiger partial charge in [-0.1, -0.05) is 12.2 Å². The summed E-state index contributed by atoms with van der Waals surface area (Å²) in [6, 6.07) is 4.29. The molecule has 0 spiro atoms. The Morgan fingerprint density at radius 1 is 1.21 bits per heavy atom. The Labute approximate surface area is 113 Å². The largest absolute Gasteiger partial charge is 0.338 e. The molecule has 0 saturated carbocycles. The molecule has 2 aliphatic rings. The maximum atomic E-state index is 12.3. The van der Waals surface area contributed by atoms with Crippen LogP contribution in [0.25, 0.3) is 0 Å². The number of hydrogen-bond acceptors (Lipinski definition) is 3. The highest BCUT2D eigenvalue weighted by atomic mass is 16.2. The summed E-state index contributed by atoms with van der Waals surface area (Å²) in [5.74, 6) is 0.117. The van der Waals surface area contributed by atoms with Gasteiger partial charge in [-0.25, -0.2) is 0 Å². The first-order valence-corrected chi connectivity index (χ1v) is 6.93. The maximum absolute atomic E-state index is 12.3. The minimum atomic E-state index is 0.117. The zero-order chi connectivity index (χ0) is 13.1. The Morgan fingerprint density at radius 2 is 1.95 bits per heavy atom. The first-order valence-electron chi connectivity index (χ1n) is 6.93. The Bertz CT molecular complexity index is 456. The minimum Gasteiger partial charge on any atom is -0.338 e. The second-order valence-electron chi connectivity index (χ2n) is 5.19. The summed E-state index contributed by atoms with van der Waals surface area (Å²) in [6.07, 6.45) is 9.96. The van der Waals surface area contributed by atoms with Crippen LogP contribution in [0.1, 0.15) is 23.2 Å². The molecule has 4 heteroatoms. The van der Waals surface area contributed by atoms with Gasteiger partial charge in [0.15, 0.2) is 0 Å². The molecule has 1 aromatic heterocycles. The van der Waals surface area contributed by atoms with Crippen molar-refractivity contribution in [3.05, 3.63) is 42.2 Å². The van der Waals surface area contributed by atoms with Crippen molar-refractivity contribution in [3.63, 3.8) is 0 Å². The number of likely N-dealkylation sites (tertiary alicyclic amines) is 1. The Kier molecular flexibility index (Phi) is 3.60. The molecule has 0 aliphatic carbocycles. The second kappa shape index (κ2) is 5.53. The van der Waals surface area contributed by atoms with E-state index in [1.165, 1.54) is 0 Å². The molecule has 0 unspecified atom stereocenters. The van der Waals surface area contributed by atoms with Gasteiger partial charge < -0.3 is 4.90 Å². The molecule has 3 rings (SSSR count). The zero-order valence-corrected chi connectivity index (χ0v) is 11.0. The lowest BCUT2D eigenvalue weighted by Gasteiger charge is -2.36. The zero-order valence-electron chi connectivity index (χ0n) is 11.0. The normalized spacial score (nSPS) is 20.9. The Morgan fingerprint density at radius 3 is 2.58 bits per heavy atom. The smallest absolute Gasteiger partial charge is 0.255 e. The maximum Gasteiger partial charge on any atom is 0.255 e. The number of carbonyl (C=O) groups excluding carboxylic acids is 1. The van der Waals surface area contributed by atoms with Crippen LogP contribution in [0.3, 0.4) is 0 Å². The van der Waals surface area contributed by atoms with Crippen molar-refractivity contribution in [2.45, 2.75) is 18.9 Å². The van der Waals surface area contributed by atoms with Crippen LogP contribution in [0.5, 0.6) is 0 Å². The molecule has 19 heavy (non-hydrogen) atoms. The van der Waals surface area contributed by atoms with Crippen molar-refractivity contribution in [2.75, 3.05) is 26.2 Å². The van der Waals surface area contributed by atoms with Crippen LogP contribution in [0.2, 0.25) is 0 Å². The van der Waals surface area contributed by atoms with Gasteiger partial charge >= 0.3 is 0 Å². The SMILES string of the molecule is O=C(c1cccnc1)N1CCC(N2CC=CC2)CC1. The molecule has 0 radical (unpaired) electrons. The highest BCUT2D eigenvalue weighted by molar-refractivity contribution is 5.93. The van der Waals surface area contributed by atoms with Gasteiger partial charge in [0.2, 0.25) is 0 Å². The van der Waals surface area contributed by atoms with Crippen LogP contribution in [-0.4, -0.2) is 52.9 Å². The van der Waals surface area contributed by atoms with E-state index in [0.717, 1.165) is 39.0 Å². The highest BCUT2D eigenvalue weighted by Crippen LogP contribution is 2.19. The number of hydrogen-bond donors (Lipinski definition) is 0. The van der Waals surface area contributed by atoms with E-state index < -0.39 is 0 Å². The van der Waals surface area contributed by atoms with E-state index in [9.17, 15) is 4.79 Å². The quantitative estimate of drug-likeness (QED) is 0.754. The van der Waals surface area contributed by atoms with Crippen molar-refractivity contribution in [2.24, 2.45) is 0 Å². The first-order chi connectivity index (χ1) is 9.34. The fraction of sp³-hybridized carbons (Fsp3) is 0.467. The highest BCUT2D eigenvalue weighted by Gasteiger charge is 2.27. The molecule has 1 saturated heterocycles. The molecule has 0 aromatic carbocycles. The fourth-order valence-electron chi connectivity index (χ4n) is 2.90. The molecule has 4 nitrogen and oxygen atoms in total. The third-order valence-electron chi connectivity index (χ3n) is 4.02. The molecule has 0 N–H and O–H groups in total. The predicted octanol–water partition coefficient (Wildman–Crippen LogP) is 1.56. The molecule has 0 bridgehead atoms. The van der Waals surface area contributed by atoms with Crippen molar-refractivity contribution < 1.29 is 4.79 Å². The van der Waals surface area contributed by atoms with Gasteiger partial charge in [0.25, 0.3) is 5.91 Å². The third kappa shape index (κ3) is 2.68. The molecule has 2 aliphatic heterocycles. The van der Waals surface area contributed by atoms with Crippen LogP contribution in [0.15, 0.2) is 36.7 Å². The molecule has 3 heterocycles. The summed E-state index contributed by atoms with van der Waals surface area (Å²) in [7, 11) is 0. The summed E-state index contributed by atoms with van der Waals surface area (Å²) in [5.41, 5.74) is 0.698. The van der Waals surface area contributed by atoms with E-state index >= 15 is 0 Å². The average Bonchev–Trinajstić information content (AvgIpc) is 3.02. The Hall–Kier alpha value is -1.68. The summed E-state index contributed by atoms with van der Waals surface area (Å²) >= 11 is 0. The summed E-state index contributed by atoms with van der Waals surface area (Å²) < 4.78 is 0.